The quantitative estimate of drug-likeness (QED) is 0.824. The molecule has 0 aliphatic carbocycles. The molecule has 4 heteroatoms. The van der Waals surface area contributed by atoms with E-state index in [1.165, 1.54) is 21.6 Å². The number of halogens is 1. The van der Waals surface area contributed by atoms with E-state index in [1.54, 1.807) is 18.9 Å². The number of aryl methyl sites for hydroxylation is 1. The first kappa shape index (κ1) is 16.4. The molecule has 2 nitrogen and oxygen atoms in total. The van der Waals surface area contributed by atoms with Crippen LogP contribution in [0.1, 0.15) is 17.5 Å². The maximum absolute atomic E-state index is 6.40. The molecular formula is C19H20ClNOS. The second-order valence-electron chi connectivity index (χ2n) is 5.58. The van der Waals surface area contributed by atoms with E-state index in [2.05, 4.69) is 36.5 Å². The third-order valence-corrected chi connectivity index (χ3v) is 5.48. The van der Waals surface area contributed by atoms with E-state index in [0.717, 1.165) is 35.2 Å². The van der Waals surface area contributed by atoms with Crippen LogP contribution in [0.5, 0.6) is 5.75 Å². The predicted molar refractivity (Wildman–Crippen MR) is 98.8 cm³/mol. The largest absolute Gasteiger partial charge is 0.497 e. The van der Waals surface area contributed by atoms with Gasteiger partial charge in [-0.25, -0.2) is 0 Å². The highest BCUT2D eigenvalue weighted by Crippen LogP contribution is 2.39. The SMILES string of the molecule is COc1ccc(Sc2ccc(C)cc2C2=CCNCC2)c(Cl)c1. The molecule has 0 saturated heterocycles. The molecule has 0 spiro atoms. The van der Waals surface area contributed by atoms with Crippen LogP contribution in [0.2, 0.25) is 5.02 Å². The molecule has 0 saturated carbocycles. The average molecular weight is 346 g/mol. The van der Waals surface area contributed by atoms with Gasteiger partial charge in [-0.15, -0.1) is 0 Å². The van der Waals surface area contributed by atoms with Crippen LogP contribution >= 0.6 is 23.4 Å². The third kappa shape index (κ3) is 3.92. The number of rotatable bonds is 4. The highest BCUT2D eigenvalue weighted by atomic mass is 35.5. The lowest BCUT2D eigenvalue weighted by Crippen LogP contribution is -2.20. The van der Waals surface area contributed by atoms with Gasteiger partial charge in [-0.1, -0.05) is 47.1 Å². The molecular weight excluding hydrogens is 326 g/mol. The highest BCUT2D eigenvalue weighted by molar-refractivity contribution is 7.99. The van der Waals surface area contributed by atoms with Crippen molar-refractivity contribution in [3.63, 3.8) is 0 Å². The van der Waals surface area contributed by atoms with Crippen LogP contribution in [-0.2, 0) is 0 Å². The van der Waals surface area contributed by atoms with Crippen molar-refractivity contribution in [1.29, 1.82) is 0 Å². The Morgan fingerprint density at radius 1 is 1.13 bits per heavy atom. The molecule has 0 fully saturated rings. The summed E-state index contributed by atoms with van der Waals surface area (Å²) >= 11 is 8.12. The molecule has 1 aliphatic heterocycles. The number of ether oxygens (including phenoxy) is 1. The van der Waals surface area contributed by atoms with E-state index >= 15 is 0 Å². The summed E-state index contributed by atoms with van der Waals surface area (Å²) in [5.74, 6) is 0.782. The molecule has 0 radical (unpaired) electrons. The Balaban J connectivity index is 1.95. The summed E-state index contributed by atoms with van der Waals surface area (Å²) in [7, 11) is 1.65. The van der Waals surface area contributed by atoms with Crippen LogP contribution in [0.15, 0.2) is 52.3 Å². The molecule has 3 rings (SSSR count). The Morgan fingerprint density at radius 3 is 2.65 bits per heavy atom. The first-order valence-corrected chi connectivity index (χ1v) is 8.89. The zero-order chi connectivity index (χ0) is 16.2. The summed E-state index contributed by atoms with van der Waals surface area (Å²) in [5, 5.41) is 4.09. The molecule has 0 bridgehead atoms. The van der Waals surface area contributed by atoms with Gasteiger partial charge in [0.05, 0.1) is 12.1 Å². The molecule has 120 valence electrons. The molecule has 0 atom stereocenters. The fourth-order valence-electron chi connectivity index (χ4n) is 2.66. The van der Waals surface area contributed by atoms with E-state index in [-0.39, 0.29) is 0 Å². The minimum Gasteiger partial charge on any atom is -0.497 e. The van der Waals surface area contributed by atoms with Gasteiger partial charge < -0.3 is 10.1 Å². The van der Waals surface area contributed by atoms with Crippen molar-refractivity contribution in [3.8, 4) is 5.75 Å². The van der Waals surface area contributed by atoms with E-state index in [0.29, 0.717) is 0 Å². The lowest BCUT2D eigenvalue weighted by atomic mass is 9.99. The van der Waals surface area contributed by atoms with Crippen molar-refractivity contribution in [2.45, 2.75) is 23.1 Å². The summed E-state index contributed by atoms with van der Waals surface area (Å²) in [6.45, 7) is 4.11. The summed E-state index contributed by atoms with van der Waals surface area (Å²) in [6, 6.07) is 12.5. The second-order valence-corrected chi connectivity index (χ2v) is 7.07. The van der Waals surface area contributed by atoms with Crippen LogP contribution in [0.3, 0.4) is 0 Å². The number of benzene rings is 2. The zero-order valence-corrected chi connectivity index (χ0v) is 14.9. The number of methoxy groups -OCH3 is 1. The van der Waals surface area contributed by atoms with Gasteiger partial charge in [0.2, 0.25) is 0 Å². The fourth-order valence-corrected chi connectivity index (χ4v) is 3.91. The number of hydrogen-bond acceptors (Lipinski definition) is 3. The number of nitrogens with one attached hydrogen (secondary N) is 1. The van der Waals surface area contributed by atoms with Crippen LogP contribution in [0, 0.1) is 6.92 Å². The van der Waals surface area contributed by atoms with Crippen molar-refractivity contribution in [2.24, 2.45) is 0 Å². The molecule has 23 heavy (non-hydrogen) atoms. The Morgan fingerprint density at radius 2 is 1.96 bits per heavy atom. The monoisotopic (exact) mass is 345 g/mol. The highest BCUT2D eigenvalue weighted by Gasteiger charge is 2.13. The van der Waals surface area contributed by atoms with Gasteiger partial charge in [0, 0.05) is 16.3 Å². The topological polar surface area (TPSA) is 21.3 Å². The van der Waals surface area contributed by atoms with Crippen LogP contribution in [0.4, 0.5) is 0 Å². The first-order chi connectivity index (χ1) is 11.2. The van der Waals surface area contributed by atoms with Gasteiger partial charge in [-0.3, -0.25) is 0 Å². The molecule has 1 heterocycles. The van der Waals surface area contributed by atoms with Crippen molar-refractivity contribution in [3.05, 3.63) is 58.6 Å². The molecule has 0 amide bonds. The number of hydrogen-bond donors (Lipinski definition) is 1. The normalized spacial score (nSPS) is 14.5. The van der Waals surface area contributed by atoms with Crippen LogP contribution in [0.25, 0.3) is 5.57 Å². The Bertz CT molecular complexity index is 742. The minimum atomic E-state index is 0.722. The smallest absolute Gasteiger partial charge is 0.120 e. The zero-order valence-electron chi connectivity index (χ0n) is 13.4. The summed E-state index contributed by atoms with van der Waals surface area (Å²) in [5.41, 5.74) is 4.02. The van der Waals surface area contributed by atoms with Gasteiger partial charge >= 0.3 is 0 Å². The first-order valence-electron chi connectivity index (χ1n) is 7.69. The maximum atomic E-state index is 6.40. The molecule has 2 aromatic carbocycles. The molecule has 2 aromatic rings. The Labute approximate surface area is 146 Å². The van der Waals surface area contributed by atoms with Gasteiger partial charge in [0.25, 0.3) is 0 Å². The minimum absolute atomic E-state index is 0.722. The van der Waals surface area contributed by atoms with Gasteiger partial charge in [-0.2, -0.15) is 0 Å². The lowest BCUT2D eigenvalue weighted by molar-refractivity contribution is 0.414. The van der Waals surface area contributed by atoms with Gasteiger partial charge in [0.1, 0.15) is 5.75 Å². The maximum Gasteiger partial charge on any atom is 0.120 e. The van der Waals surface area contributed by atoms with Gasteiger partial charge in [-0.05, 0) is 55.3 Å². The fraction of sp³-hybridized carbons (Fsp3) is 0.263. The van der Waals surface area contributed by atoms with E-state index in [9.17, 15) is 0 Å². The van der Waals surface area contributed by atoms with E-state index in [1.807, 2.05) is 18.2 Å². The van der Waals surface area contributed by atoms with Crippen molar-refractivity contribution in [1.82, 2.24) is 5.32 Å². The molecule has 1 aliphatic rings. The Hall–Kier alpha value is -1.42. The van der Waals surface area contributed by atoms with Crippen molar-refractivity contribution in [2.75, 3.05) is 20.2 Å². The second kappa shape index (κ2) is 7.43. The molecule has 0 aromatic heterocycles. The third-order valence-electron chi connectivity index (χ3n) is 3.90. The Kier molecular flexibility index (Phi) is 5.31. The predicted octanol–water partition coefficient (Wildman–Crippen LogP) is 5.18. The summed E-state index contributed by atoms with van der Waals surface area (Å²) in [6.07, 6.45) is 3.35. The van der Waals surface area contributed by atoms with Gasteiger partial charge in [0.15, 0.2) is 0 Å². The standard InChI is InChI=1S/C19H20ClNOS/c1-13-3-5-18(16(11-13)14-7-9-21-10-8-14)23-19-6-4-15(22-2)12-17(19)20/h3-7,11-12,21H,8-10H2,1-2H3. The summed E-state index contributed by atoms with van der Waals surface area (Å²) in [4.78, 5) is 2.29. The van der Waals surface area contributed by atoms with Crippen molar-refractivity contribution < 1.29 is 4.74 Å². The average Bonchev–Trinajstić information content (AvgIpc) is 2.58. The van der Waals surface area contributed by atoms with E-state index in [4.69, 9.17) is 16.3 Å². The summed E-state index contributed by atoms with van der Waals surface area (Å²) < 4.78 is 5.23. The van der Waals surface area contributed by atoms with Crippen LogP contribution < -0.4 is 10.1 Å². The van der Waals surface area contributed by atoms with Crippen LogP contribution in [-0.4, -0.2) is 20.2 Å². The van der Waals surface area contributed by atoms with E-state index < -0.39 is 0 Å². The molecule has 0 unspecified atom stereocenters. The molecule has 1 N–H and O–H groups in total. The lowest BCUT2D eigenvalue weighted by Gasteiger charge is -2.18. The van der Waals surface area contributed by atoms with Crippen molar-refractivity contribution >= 4 is 28.9 Å².